The Kier molecular flexibility index (Phi) is 57.8. The van der Waals surface area contributed by atoms with Crippen LogP contribution >= 0.6 is 11.3 Å². The molecule has 2 heterocycles. The average molecular weight is 1840 g/mol. The molecule has 7 rings (SSSR count). The zero-order chi connectivity index (χ0) is 90.6. The van der Waals surface area contributed by atoms with Crippen LogP contribution in [0.4, 0.5) is 0 Å². The van der Waals surface area contributed by atoms with Gasteiger partial charge in [0.05, 0.1) is 213 Å². The third-order valence-electron chi connectivity index (χ3n) is 18.0. The minimum Gasteiger partial charge on any atom is -0.493 e. The normalized spacial score (nSPS) is 12.7. The van der Waals surface area contributed by atoms with Crippen LogP contribution < -0.4 is 85.3 Å². The van der Waals surface area contributed by atoms with Crippen molar-refractivity contribution in [3.8, 4) is 103 Å². The van der Waals surface area contributed by atoms with Crippen molar-refractivity contribution in [2.45, 2.75) is 64.4 Å². The summed E-state index contributed by atoms with van der Waals surface area (Å²) in [6.45, 7) is 16.7. The van der Waals surface area contributed by atoms with Gasteiger partial charge in [-0.3, -0.25) is 0 Å². The van der Waals surface area contributed by atoms with Gasteiger partial charge in [0.2, 0.25) is 0 Å². The van der Waals surface area contributed by atoms with E-state index >= 15 is 0 Å². The van der Waals surface area contributed by atoms with Crippen LogP contribution in [0.2, 0.25) is 0 Å². The van der Waals surface area contributed by atoms with Crippen LogP contribution in [0.25, 0.3) is 0 Å². The third kappa shape index (κ3) is 43.0. The fourth-order valence-corrected chi connectivity index (χ4v) is 12.6. The Morgan fingerprint density at radius 1 is 0.250 bits per heavy atom. The van der Waals surface area contributed by atoms with Crippen molar-refractivity contribution < 1.29 is 172 Å². The number of ether oxygens (including phenoxy) is 33. The maximum atomic E-state index is 9.46. The average Bonchev–Trinajstić information content (AvgIpc) is 1.00. The number of thiophene rings is 1. The summed E-state index contributed by atoms with van der Waals surface area (Å²) >= 11 is 1.49. The lowest BCUT2D eigenvalue weighted by Crippen LogP contribution is -2.40. The maximum absolute atomic E-state index is 9.46. The van der Waals surface area contributed by atoms with Crippen molar-refractivity contribution in [2.75, 3.05) is 313 Å². The predicted molar refractivity (Wildman–Crippen MR) is 470 cm³/mol. The van der Waals surface area contributed by atoms with E-state index in [2.05, 4.69) is 6.92 Å². The Hall–Kier alpha value is -8.52. The molecule has 1 aliphatic heterocycles. The number of hydrogen-bond donors (Lipinski definition) is 3. The van der Waals surface area contributed by atoms with Crippen LogP contribution in [0.3, 0.4) is 0 Å². The number of aliphatic hydroxyl groups is 3. The summed E-state index contributed by atoms with van der Waals surface area (Å²) in [6, 6.07) is 24.7. The molecule has 0 radical (unpaired) electrons. The van der Waals surface area contributed by atoms with Gasteiger partial charge in [0.1, 0.15) is 111 Å². The summed E-state index contributed by atoms with van der Waals surface area (Å²) in [5.41, 5.74) is 0. The number of hydrogen-bond acceptors (Lipinski definition) is 37. The highest BCUT2D eigenvalue weighted by molar-refractivity contribution is 7.08. The highest BCUT2D eigenvalue weighted by atomic mass is 32.1. The Morgan fingerprint density at radius 2 is 0.484 bits per heavy atom. The molecule has 5 aromatic carbocycles. The van der Waals surface area contributed by atoms with Gasteiger partial charge in [-0.15, -0.1) is 11.3 Å². The summed E-state index contributed by atoms with van der Waals surface area (Å²) < 4.78 is 196. The van der Waals surface area contributed by atoms with Crippen molar-refractivity contribution in [3.05, 3.63) is 95.7 Å². The molecule has 0 fully saturated rings. The molecule has 6 aromatic rings. The van der Waals surface area contributed by atoms with E-state index in [0.717, 1.165) is 12.8 Å². The lowest BCUT2D eigenvalue weighted by molar-refractivity contribution is -0.135. The molecule has 4 unspecified atom stereocenters. The molecule has 4 atom stereocenters. The smallest absolute Gasteiger partial charge is 0.171 e. The van der Waals surface area contributed by atoms with E-state index in [0.29, 0.717) is 209 Å². The number of benzene rings is 5. The molecule has 0 spiro atoms. The molecule has 0 aliphatic carbocycles. The van der Waals surface area contributed by atoms with Crippen LogP contribution in [0, 0.1) is 0 Å². The first-order chi connectivity index (χ1) is 63.2. The minimum absolute atomic E-state index is 0.0705. The van der Waals surface area contributed by atoms with Gasteiger partial charge in [0.25, 0.3) is 0 Å². The standard InChI is InChI=1S/C91H136O36S/c1-8-22-99-27-28-101-40-52-126-90-68-128-69-91(90)127-53-41-106-39-51-125-89(67-109-44-55-115-72-16-12-11-15-71(72)111-24-19-92)88(110-23-9-2)66-108-43-56-117-74-18-14-13-17-73(74)116-54-42-107-65-87(124-50-38-105-37-49-121-84-64-86-85(122-57-58-123-86)63-83(84)113-26-21-94)70(10-3)114-45-33-104-36-48-120-82-62-78(98-7)77(97-6)61-81(82)119-47-35-103-32-30-100-29-31-102-34-46-118-80-60-76(96-5)75(95-4)59-79(80)112-25-20-93/h11-18,59-64,68-70,87-89,92-94H,8-10,19-58,65-67H2,1-7H3. The fourth-order valence-electron chi connectivity index (χ4n) is 11.9. The summed E-state index contributed by atoms with van der Waals surface area (Å²) in [7, 11) is 6.13. The zero-order valence-corrected chi connectivity index (χ0v) is 76.1. The summed E-state index contributed by atoms with van der Waals surface area (Å²) in [5, 5.41) is 31.8. The lowest BCUT2D eigenvalue weighted by atomic mass is 10.1. The van der Waals surface area contributed by atoms with Crippen LogP contribution in [0.15, 0.2) is 95.7 Å². The van der Waals surface area contributed by atoms with Crippen molar-refractivity contribution >= 4 is 11.3 Å². The first-order valence-corrected chi connectivity index (χ1v) is 44.5. The first-order valence-electron chi connectivity index (χ1n) is 43.6. The quantitative estimate of drug-likeness (QED) is 0.0299. The molecule has 37 heteroatoms. The topological polar surface area (TPSA) is 365 Å². The third-order valence-corrected chi connectivity index (χ3v) is 18.7. The summed E-state index contributed by atoms with van der Waals surface area (Å²) in [5.74, 6) is 8.81. The van der Waals surface area contributed by atoms with Gasteiger partial charge in [0, 0.05) is 60.4 Å². The van der Waals surface area contributed by atoms with E-state index in [1.807, 2.05) is 61.0 Å². The monoisotopic (exact) mass is 1840 g/mol. The Balaban J connectivity index is 0.845. The molecule has 0 saturated heterocycles. The summed E-state index contributed by atoms with van der Waals surface area (Å²) in [6.07, 6.45) is 0.300. The molecular formula is C91H136O36S. The molecule has 0 amide bonds. The molecule has 1 aromatic heterocycles. The second-order valence-electron chi connectivity index (χ2n) is 27.3. The zero-order valence-electron chi connectivity index (χ0n) is 75.3. The van der Waals surface area contributed by atoms with Crippen molar-refractivity contribution in [3.63, 3.8) is 0 Å². The lowest BCUT2D eigenvalue weighted by Gasteiger charge is -2.27. The highest BCUT2D eigenvalue weighted by Crippen LogP contribution is 2.43. The van der Waals surface area contributed by atoms with E-state index in [4.69, 9.17) is 156 Å². The molecule has 0 saturated carbocycles. The Morgan fingerprint density at radius 3 is 0.781 bits per heavy atom. The van der Waals surface area contributed by atoms with Gasteiger partial charge in [-0.2, -0.15) is 0 Å². The van der Waals surface area contributed by atoms with E-state index < -0.39 is 24.4 Å². The molecule has 36 nitrogen and oxygen atoms in total. The highest BCUT2D eigenvalue weighted by Gasteiger charge is 2.27. The van der Waals surface area contributed by atoms with E-state index in [1.165, 1.54) is 39.8 Å². The Labute approximate surface area is 755 Å². The fraction of sp³-hybridized carbons (Fsp3) is 0.626. The predicted octanol–water partition coefficient (Wildman–Crippen LogP) is 9.53. The van der Waals surface area contributed by atoms with Gasteiger partial charge in [-0.25, -0.2) is 0 Å². The second kappa shape index (κ2) is 69.4. The number of para-hydroxylation sites is 4. The van der Waals surface area contributed by atoms with Crippen LogP contribution in [-0.2, 0) is 71.1 Å². The van der Waals surface area contributed by atoms with Crippen molar-refractivity contribution in [2.24, 2.45) is 0 Å². The largest absolute Gasteiger partial charge is 0.493 e. The van der Waals surface area contributed by atoms with E-state index in [1.54, 1.807) is 48.5 Å². The molecule has 3 N–H and O–H groups in total. The van der Waals surface area contributed by atoms with E-state index in [-0.39, 0.29) is 185 Å². The van der Waals surface area contributed by atoms with Gasteiger partial charge >= 0.3 is 0 Å². The van der Waals surface area contributed by atoms with Crippen molar-refractivity contribution in [1.29, 1.82) is 0 Å². The summed E-state index contributed by atoms with van der Waals surface area (Å²) in [4.78, 5) is 0. The van der Waals surface area contributed by atoms with Gasteiger partial charge in [-0.1, -0.05) is 45.0 Å². The number of aliphatic hydroxyl groups excluding tert-OH is 3. The SMILES string of the molecule is CCCOCCOCCOc1cscc1OCCOCCOC(COCCOc1ccccc1OCCO)C(COCCOc1ccccc1OCCOCC(OCCOCCOc1cc2c(cc1OCCO)OCCO2)C(CC)OCCOCCOc1cc(OC)c(OC)cc1OCCOCCOCCOCCOc1cc(OC)c(OC)cc1OCCO)OCCC. The van der Waals surface area contributed by atoms with Crippen LogP contribution in [0.5, 0.6) is 103 Å². The van der Waals surface area contributed by atoms with Crippen molar-refractivity contribution in [1.82, 2.24) is 0 Å². The molecule has 128 heavy (non-hydrogen) atoms. The molecular weight excluding hydrogens is 1700 g/mol. The number of methoxy groups -OCH3 is 4. The Bertz CT molecular complexity index is 3750. The number of fused-ring (bicyclic) bond motifs is 1. The molecule has 722 valence electrons. The molecule has 1 aliphatic rings. The van der Waals surface area contributed by atoms with Gasteiger partial charge in [-0.05, 0) is 43.5 Å². The second-order valence-corrected chi connectivity index (χ2v) is 28.0. The number of rotatable bonds is 84. The van der Waals surface area contributed by atoms with Crippen LogP contribution in [0.1, 0.15) is 40.0 Å². The van der Waals surface area contributed by atoms with E-state index in [9.17, 15) is 15.3 Å². The maximum Gasteiger partial charge on any atom is 0.171 e. The first kappa shape index (κ1) is 107. The van der Waals surface area contributed by atoms with Crippen LogP contribution in [-0.4, -0.2) is 352 Å². The molecule has 0 bridgehead atoms. The van der Waals surface area contributed by atoms with Gasteiger partial charge in [0.15, 0.2) is 103 Å². The minimum atomic E-state index is -0.555. The van der Waals surface area contributed by atoms with Gasteiger partial charge < -0.3 is 172 Å².